The van der Waals surface area contributed by atoms with Crippen LogP contribution < -0.4 is 5.32 Å². The number of hydrogen-bond donors (Lipinski definition) is 1. The Morgan fingerprint density at radius 3 is 2.53 bits per heavy atom. The topological polar surface area (TPSA) is 54.5 Å². The van der Waals surface area contributed by atoms with Crippen LogP contribution >= 0.6 is 0 Å². The summed E-state index contributed by atoms with van der Waals surface area (Å²) in [7, 11) is 0. The van der Waals surface area contributed by atoms with Crippen molar-refractivity contribution in [3.63, 3.8) is 0 Å². The van der Waals surface area contributed by atoms with Crippen LogP contribution in [0.3, 0.4) is 0 Å². The largest absolute Gasteiger partial charge is 0.374 e. The molecule has 1 aromatic rings. The molecule has 5 nitrogen and oxygen atoms in total. The standard InChI is InChI=1S/C25H37N3O2/c1-23-12-19-13-24(2,16-23)18-25(14-19,17-23)30-11-8-27-21-5-9-28(10-6-21)22(29)20-4-3-7-26-15-20/h3-4,7,15,19,21,27H,5-6,8-14,16-18H2,1-2H3. The zero-order chi connectivity index (χ0) is 20.8. The van der Waals surface area contributed by atoms with E-state index in [-0.39, 0.29) is 11.5 Å². The minimum atomic E-state index is 0.105. The van der Waals surface area contributed by atoms with Gasteiger partial charge in [-0.3, -0.25) is 9.78 Å². The first-order chi connectivity index (χ1) is 14.4. The average molecular weight is 412 g/mol. The lowest BCUT2D eigenvalue weighted by Crippen LogP contribution is -2.59. The fourth-order valence-corrected chi connectivity index (χ4v) is 7.99. The van der Waals surface area contributed by atoms with Gasteiger partial charge in [0.25, 0.3) is 5.91 Å². The molecule has 5 fully saturated rings. The molecule has 5 heteroatoms. The molecular weight excluding hydrogens is 374 g/mol. The van der Waals surface area contributed by atoms with E-state index in [1.807, 2.05) is 17.0 Å². The zero-order valence-electron chi connectivity index (χ0n) is 18.7. The van der Waals surface area contributed by atoms with Crippen LogP contribution in [0.5, 0.6) is 0 Å². The molecule has 2 heterocycles. The molecule has 4 bridgehead atoms. The third-order valence-electron chi connectivity index (χ3n) is 8.21. The maximum Gasteiger partial charge on any atom is 0.255 e. The van der Waals surface area contributed by atoms with Gasteiger partial charge < -0.3 is 15.0 Å². The van der Waals surface area contributed by atoms with E-state index in [0.29, 0.717) is 22.4 Å². The molecule has 2 unspecified atom stereocenters. The first-order valence-corrected chi connectivity index (χ1v) is 11.9. The molecule has 5 aliphatic rings. The number of nitrogens with one attached hydrogen (secondary N) is 1. The predicted octanol–water partition coefficient (Wildman–Crippen LogP) is 4.04. The molecule has 0 spiro atoms. The van der Waals surface area contributed by atoms with Crippen molar-refractivity contribution in [1.82, 2.24) is 15.2 Å². The van der Waals surface area contributed by atoms with Crippen molar-refractivity contribution in [1.29, 1.82) is 0 Å². The molecule has 164 valence electrons. The molecule has 1 N–H and O–H groups in total. The monoisotopic (exact) mass is 411 g/mol. The summed E-state index contributed by atoms with van der Waals surface area (Å²) < 4.78 is 6.65. The maximum atomic E-state index is 12.6. The van der Waals surface area contributed by atoms with Crippen LogP contribution in [0.4, 0.5) is 0 Å². The van der Waals surface area contributed by atoms with Crippen molar-refractivity contribution in [2.24, 2.45) is 16.7 Å². The lowest BCUT2D eigenvalue weighted by molar-refractivity contribution is -0.213. The Hall–Kier alpha value is -1.46. The Balaban J connectivity index is 1.06. The zero-order valence-corrected chi connectivity index (χ0v) is 18.7. The number of piperidine rings is 1. The van der Waals surface area contributed by atoms with E-state index in [4.69, 9.17) is 4.74 Å². The number of amides is 1. The molecule has 1 saturated heterocycles. The van der Waals surface area contributed by atoms with E-state index in [0.717, 1.165) is 45.0 Å². The van der Waals surface area contributed by atoms with Gasteiger partial charge in [-0.1, -0.05) is 13.8 Å². The first-order valence-electron chi connectivity index (χ1n) is 11.9. The van der Waals surface area contributed by atoms with Crippen LogP contribution in [0, 0.1) is 16.7 Å². The highest BCUT2D eigenvalue weighted by Gasteiger charge is 2.60. The maximum absolute atomic E-state index is 12.6. The number of carbonyl (C=O) groups is 1. The number of hydrogen-bond acceptors (Lipinski definition) is 4. The molecule has 1 aliphatic heterocycles. The second-order valence-corrected chi connectivity index (χ2v) is 11.4. The lowest BCUT2D eigenvalue weighted by Gasteiger charge is -2.65. The van der Waals surface area contributed by atoms with Crippen molar-refractivity contribution in [2.75, 3.05) is 26.2 Å². The Labute approximate surface area is 181 Å². The highest BCUT2D eigenvalue weighted by Crippen LogP contribution is 2.67. The predicted molar refractivity (Wildman–Crippen MR) is 117 cm³/mol. The van der Waals surface area contributed by atoms with E-state index in [2.05, 4.69) is 24.1 Å². The van der Waals surface area contributed by atoms with E-state index in [9.17, 15) is 4.79 Å². The molecular formula is C25H37N3O2. The Morgan fingerprint density at radius 1 is 1.17 bits per heavy atom. The molecule has 1 aromatic heterocycles. The van der Waals surface area contributed by atoms with Gasteiger partial charge in [0.05, 0.1) is 17.8 Å². The number of likely N-dealkylation sites (tertiary alicyclic amines) is 1. The van der Waals surface area contributed by atoms with Gasteiger partial charge in [0.2, 0.25) is 0 Å². The highest BCUT2D eigenvalue weighted by molar-refractivity contribution is 5.93. The number of carbonyl (C=O) groups excluding carboxylic acids is 1. The summed E-state index contributed by atoms with van der Waals surface area (Å²) in [5.74, 6) is 0.986. The molecule has 6 rings (SSSR count). The van der Waals surface area contributed by atoms with Crippen molar-refractivity contribution in [3.8, 4) is 0 Å². The quantitative estimate of drug-likeness (QED) is 0.718. The van der Waals surface area contributed by atoms with E-state index >= 15 is 0 Å². The average Bonchev–Trinajstić information content (AvgIpc) is 2.69. The first kappa shape index (κ1) is 20.4. The summed E-state index contributed by atoms with van der Waals surface area (Å²) in [4.78, 5) is 18.6. The second kappa shape index (κ2) is 7.59. The van der Waals surface area contributed by atoms with Gasteiger partial charge in [-0.2, -0.15) is 0 Å². The van der Waals surface area contributed by atoms with Crippen molar-refractivity contribution >= 4 is 5.91 Å². The van der Waals surface area contributed by atoms with Gasteiger partial charge in [0.1, 0.15) is 0 Å². The highest BCUT2D eigenvalue weighted by atomic mass is 16.5. The smallest absolute Gasteiger partial charge is 0.255 e. The summed E-state index contributed by atoms with van der Waals surface area (Å²) in [6.07, 6.45) is 13.4. The van der Waals surface area contributed by atoms with E-state index < -0.39 is 0 Å². The lowest BCUT2D eigenvalue weighted by atomic mass is 9.43. The molecule has 4 aliphatic carbocycles. The number of rotatable bonds is 6. The summed E-state index contributed by atoms with van der Waals surface area (Å²) in [6, 6.07) is 4.16. The van der Waals surface area contributed by atoms with Gasteiger partial charge in [-0.25, -0.2) is 0 Å². The normalized spacial score (nSPS) is 38.2. The van der Waals surface area contributed by atoms with Crippen LogP contribution in [0.25, 0.3) is 0 Å². The van der Waals surface area contributed by atoms with Crippen molar-refractivity contribution < 1.29 is 9.53 Å². The van der Waals surface area contributed by atoms with Crippen LogP contribution in [0.1, 0.15) is 75.6 Å². The summed E-state index contributed by atoms with van der Waals surface area (Å²) in [5.41, 5.74) is 1.85. The molecule has 30 heavy (non-hydrogen) atoms. The SMILES string of the molecule is CC12CC3CC(C)(C1)CC(OCCNC1CCN(C(=O)c4cccnc4)CC1)(C3)C2. The van der Waals surface area contributed by atoms with E-state index in [1.54, 1.807) is 12.4 Å². The Morgan fingerprint density at radius 2 is 1.90 bits per heavy atom. The third-order valence-corrected chi connectivity index (χ3v) is 8.21. The third kappa shape index (κ3) is 4.03. The number of aromatic nitrogens is 1. The van der Waals surface area contributed by atoms with Gasteiger partial charge in [-0.05, 0) is 80.2 Å². The molecule has 0 radical (unpaired) electrons. The van der Waals surface area contributed by atoms with Crippen LogP contribution in [0.2, 0.25) is 0 Å². The van der Waals surface area contributed by atoms with Crippen molar-refractivity contribution in [2.45, 2.75) is 76.9 Å². The van der Waals surface area contributed by atoms with Crippen LogP contribution in [0.15, 0.2) is 24.5 Å². The summed E-state index contributed by atoms with van der Waals surface area (Å²) >= 11 is 0. The summed E-state index contributed by atoms with van der Waals surface area (Å²) in [6.45, 7) is 8.37. The number of pyridine rings is 1. The summed E-state index contributed by atoms with van der Waals surface area (Å²) in [5, 5.41) is 3.70. The van der Waals surface area contributed by atoms with Crippen LogP contribution in [-0.4, -0.2) is 53.7 Å². The Bertz CT molecular complexity index is 756. The van der Waals surface area contributed by atoms with Crippen LogP contribution in [-0.2, 0) is 4.74 Å². The minimum Gasteiger partial charge on any atom is -0.374 e. The van der Waals surface area contributed by atoms with Gasteiger partial charge in [-0.15, -0.1) is 0 Å². The molecule has 4 saturated carbocycles. The molecule has 2 atom stereocenters. The number of nitrogens with zero attached hydrogens (tertiary/aromatic N) is 2. The fourth-order valence-electron chi connectivity index (χ4n) is 7.99. The number of ether oxygens (including phenoxy) is 1. The van der Waals surface area contributed by atoms with E-state index in [1.165, 1.54) is 38.5 Å². The second-order valence-electron chi connectivity index (χ2n) is 11.4. The Kier molecular flexibility index (Phi) is 5.18. The van der Waals surface area contributed by atoms with Gasteiger partial charge in [0, 0.05) is 38.1 Å². The molecule has 1 amide bonds. The minimum absolute atomic E-state index is 0.105. The van der Waals surface area contributed by atoms with Gasteiger partial charge in [0.15, 0.2) is 0 Å². The van der Waals surface area contributed by atoms with Crippen molar-refractivity contribution in [3.05, 3.63) is 30.1 Å². The molecule has 0 aromatic carbocycles. The fraction of sp³-hybridized carbons (Fsp3) is 0.760. The van der Waals surface area contributed by atoms with Gasteiger partial charge >= 0.3 is 0 Å².